The zero-order valence-corrected chi connectivity index (χ0v) is 16.4. The molecule has 1 aromatic rings. The van der Waals surface area contributed by atoms with Gasteiger partial charge in [-0.15, -0.1) is 0 Å². The van der Waals surface area contributed by atoms with Crippen LogP contribution in [0.5, 0.6) is 0 Å². The van der Waals surface area contributed by atoms with Gasteiger partial charge in [0.15, 0.2) is 5.96 Å². The molecule has 0 amide bonds. The maximum Gasteiger partial charge on any atom is 0.193 e. The van der Waals surface area contributed by atoms with Crippen molar-refractivity contribution in [3.8, 4) is 0 Å². The van der Waals surface area contributed by atoms with Crippen LogP contribution in [0.4, 0.5) is 0 Å². The summed E-state index contributed by atoms with van der Waals surface area (Å²) in [5.74, 6) is 1.08. The standard InChI is InChI=1S/C22H33N3O/c1-18-6-5-7-19(14-18)22(8-3-4-9-22)15-24-20(23-2)25-12-10-21(16-25)11-13-26-17-21/h5-7,14H,3-4,8-13,15-17H2,1-2H3,(H,23,24). The van der Waals surface area contributed by atoms with Crippen molar-refractivity contribution >= 4 is 5.96 Å². The average Bonchev–Trinajstić information content (AvgIpc) is 3.39. The molecule has 4 nitrogen and oxygen atoms in total. The van der Waals surface area contributed by atoms with Crippen LogP contribution in [0, 0.1) is 12.3 Å². The molecular weight excluding hydrogens is 322 g/mol. The van der Waals surface area contributed by atoms with Gasteiger partial charge in [0, 0.05) is 44.1 Å². The van der Waals surface area contributed by atoms with Gasteiger partial charge in [-0.1, -0.05) is 42.7 Å². The molecule has 1 unspecified atom stereocenters. The Bertz CT molecular complexity index is 657. The van der Waals surface area contributed by atoms with E-state index in [4.69, 9.17) is 4.74 Å². The van der Waals surface area contributed by atoms with E-state index in [1.54, 1.807) is 0 Å². The highest BCUT2D eigenvalue weighted by molar-refractivity contribution is 5.80. The molecule has 4 heteroatoms. The number of likely N-dealkylation sites (tertiary alicyclic amines) is 1. The predicted molar refractivity (Wildman–Crippen MR) is 107 cm³/mol. The van der Waals surface area contributed by atoms with E-state index in [0.717, 1.165) is 38.8 Å². The minimum absolute atomic E-state index is 0.260. The van der Waals surface area contributed by atoms with Crippen molar-refractivity contribution in [2.75, 3.05) is 39.9 Å². The molecule has 3 fully saturated rings. The summed E-state index contributed by atoms with van der Waals surface area (Å²) in [5, 5.41) is 3.75. The van der Waals surface area contributed by atoms with Gasteiger partial charge in [0.25, 0.3) is 0 Å². The van der Waals surface area contributed by atoms with Gasteiger partial charge in [-0.25, -0.2) is 0 Å². The first-order valence-corrected chi connectivity index (χ1v) is 10.3. The van der Waals surface area contributed by atoms with E-state index in [1.807, 2.05) is 7.05 Å². The fraction of sp³-hybridized carbons (Fsp3) is 0.682. The largest absolute Gasteiger partial charge is 0.381 e. The van der Waals surface area contributed by atoms with Gasteiger partial charge < -0.3 is 15.0 Å². The molecule has 4 rings (SSSR count). The number of benzene rings is 1. The van der Waals surface area contributed by atoms with Crippen molar-refractivity contribution in [1.82, 2.24) is 10.2 Å². The molecule has 2 aliphatic heterocycles. The van der Waals surface area contributed by atoms with Gasteiger partial charge in [0.1, 0.15) is 0 Å². The Balaban J connectivity index is 1.45. The number of rotatable bonds is 3. The third-order valence-electron chi connectivity index (χ3n) is 6.91. The minimum Gasteiger partial charge on any atom is -0.381 e. The fourth-order valence-electron chi connectivity index (χ4n) is 5.26. The Kier molecular flexibility index (Phi) is 4.96. The van der Waals surface area contributed by atoms with Crippen LogP contribution in [0.1, 0.15) is 49.7 Å². The van der Waals surface area contributed by atoms with E-state index in [1.165, 1.54) is 49.7 Å². The number of hydrogen-bond acceptors (Lipinski definition) is 2. The lowest BCUT2D eigenvalue weighted by atomic mass is 9.78. The third-order valence-corrected chi connectivity index (χ3v) is 6.91. The second-order valence-corrected chi connectivity index (χ2v) is 8.73. The summed E-state index contributed by atoms with van der Waals surface area (Å²) >= 11 is 0. The molecule has 0 radical (unpaired) electrons. The van der Waals surface area contributed by atoms with Gasteiger partial charge in [0.05, 0.1) is 6.61 Å². The summed E-state index contributed by atoms with van der Waals surface area (Å²) in [4.78, 5) is 7.07. The molecular formula is C22H33N3O. The van der Waals surface area contributed by atoms with Crippen molar-refractivity contribution in [2.45, 2.75) is 50.9 Å². The number of aliphatic imine (C=N–C) groups is 1. The van der Waals surface area contributed by atoms with Crippen LogP contribution in [0.3, 0.4) is 0 Å². The smallest absolute Gasteiger partial charge is 0.193 e. The summed E-state index contributed by atoms with van der Waals surface area (Å²) in [6, 6.07) is 9.12. The van der Waals surface area contributed by atoms with Crippen LogP contribution in [-0.2, 0) is 10.2 Å². The number of guanidine groups is 1. The molecule has 0 bridgehead atoms. The molecule has 2 saturated heterocycles. The van der Waals surface area contributed by atoms with Crippen molar-refractivity contribution in [3.63, 3.8) is 0 Å². The van der Waals surface area contributed by atoms with E-state index in [9.17, 15) is 0 Å². The molecule has 1 atom stereocenters. The first kappa shape index (κ1) is 17.8. The predicted octanol–water partition coefficient (Wildman–Crippen LogP) is 3.49. The molecule has 1 N–H and O–H groups in total. The molecule has 1 aliphatic carbocycles. The highest BCUT2D eigenvalue weighted by Gasteiger charge is 2.43. The molecule has 1 aromatic carbocycles. The Morgan fingerprint density at radius 3 is 2.77 bits per heavy atom. The first-order chi connectivity index (χ1) is 12.6. The topological polar surface area (TPSA) is 36.9 Å². The van der Waals surface area contributed by atoms with Gasteiger partial charge in [-0.3, -0.25) is 4.99 Å². The number of nitrogens with zero attached hydrogens (tertiary/aromatic N) is 2. The van der Waals surface area contributed by atoms with E-state index >= 15 is 0 Å². The normalized spacial score (nSPS) is 28.2. The Hall–Kier alpha value is -1.55. The Labute approximate surface area is 158 Å². The lowest BCUT2D eigenvalue weighted by Gasteiger charge is -2.33. The maximum atomic E-state index is 5.68. The molecule has 142 valence electrons. The van der Waals surface area contributed by atoms with E-state index in [2.05, 4.69) is 46.4 Å². The van der Waals surface area contributed by atoms with Crippen LogP contribution >= 0.6 is 0 Å². The zero-order chi connectivity index (χ0) is 18.0. The highest BCUT2D eigenvalue weighted by Crippen LogP contribution is 2.41. The van der Waals surface area contributed by atoms with E-state index in [-0.39, 0.29) is 5.41 Å². The lowest BCUT2D eigenvalue weighted by molar-refractivity contribution is 0.156. The zero-order valence-electron chi connectivity index (χ0n) is 16.4. The Morgan fingerprint density at radius 2 is 2.08 bits per heavy atom. The van der Waals surface area contributed by atoms with Crippen LogP contribution in [-0.4, -0.2) is 50.8 Å². The summed E-state index contributed by atoms with van der Waals surface area (Å²) < 4.78 is 5.68. The number of hydrogen-bond donors (Lipinski definition) is 1. The summed E-state index contributed by atoms with van der Waals surface area (Å²) in [6.07, 6.45) is 7.65. The molecule has 3 aliphatic rings. The molecule has 1 saturated carbocycles. The van der Waals surface area contributed by atoms with Crippen LogP contribution in [0.2, 0.25) is 0 Å². The van der Waals surface area contributed by atoms with E-state index in [0.29, 0.717) is 5.41 Å². The van der Waals surface area contributed by atoms with E-state index < -0.39 is 0 Å². The molecule has 0 aromatic heterocycles. The van der Waals surface area contributed by atoms with Gasteiger partial charge in [0.2, 0.25) is 0 Å². The van der Waals surface area contributed by atoms with Gasteiger partial charge in [-0.2, -0.15) is 0 Å². The highest BCUT2D eigenvalue weighted by atomic mass is 16.5. The molecule has 26 heavy (non-hydrogen) atoms. The summed E-state index contributed by atoms with van der Waals surface area (Å²) in [6.45, 7) is 7.23. The average molecular weight is 356 g/mol. The Morgan fingerprint density at radius 1 is 1.23 bits per heavy atom. The SMILES string of the molecule is CN=C(NCC1(c2cccc(C)c2)CCCC1)N1CCC2(CCOC2)C1. The monoisotopic (exact) mass is 355 g/mol. The maximum absolute atomic E-state index is 5.68. The number of aryl methyl sites for hydroxylation is 1. The van der Waals surface area contributed by atoms with Crippen molar-refractivity contribution in [1.29, 1.82) is 0 Å². The number of ether oxygens (including phenoxy) is 1. The summed E-state index contributed by atoms with van der Waals surface area (Å²) in [5.41, 5.74) is 3.50. The molecule has 2 heterocycles. The minimum atomic E-state index is 0.260. The third kappa shape index (κ3) is 3.36. The first-order valence-electron chi connectivity index (χ1n) is 10.3. The lowest BCUT2D eigenvalue weighted by Crippen LogP contribution is -2.46. The van der Waals surface area contributed by atoms with Crippen molar-refractivity contribution in [2.24, 2.45) is 10.4 Å². The number of nitrogens with one attached hydrogen (secondary N) is 1. The quantitative estimate of drug-likeness (QED) is 0.666. The second-order valence-electron chi connectivity index (χ2n) is 8.73. The fourth-order valence-corrected chi connectivity index (χ4v) is 5.26. The second kappa shape index (κ2) is 7.22. The van der Waals surface area contributed by atoms with Crippen molar-refractivity contribution < 1.29 is 4.74 Å². The summed E-state index contributed by atoms with van der Waals surface area (Å²) in [7, 11) is 1.92. The van der Waals surface area contributed by atoms with Gasteiger partial charge >= 0.3 is 0 Å². The van der Waals surface area contributed by atoms with Gasteiger partial charge in [-0.05, 0) is 38.2 Å². The van der Waals surface area contributed by atoms with Crippen molar-refractivity contribution in [3.05, 3.63) is 35.4 Å². The van der Waals surface area contributed by atoms with Crippen LogP contribution in [0.15, 0.2) is 29.3 Å². The van der Waals surface area contributed by atoms with Crippen LogP contribution < -0.4 is 5.32 Å². The molecule has 1 spiro atoms. The van der Waals surface area contributed by atoms with Crippen LogP contribution in [0.25, 0.3) is 0 Å².